The van der Waals surface area contributed by atoms with Crippen LogP contribution in [-0.2, 0) is 25.5 Å². The number of hydrogen-bond acceptors (Lipinski definition) is 12. The number of aromatic hydroxyl groups is 2. The van der Waals surface area contributed by atoms with Gasteiger partial charge in [0, 0.05) is 36.0 Å². The van der Waals surface area contributed by atoms with E-state index in [9.17, 15) is 39.6 Å². The lowest BCUT2D eigenvalue weighted by Crippen LogP contribution is -2.57. The van der Waals surface area contributed by atoms with Gasteiger partial charge >= 0.3 is 0 Å². The number of ether oxygens (including phenoxy) is 3. The van der Waals surface area contributed by atoms with Crippen LogP contribution in [0.4, 0.5) is 0 Å². The Kier molecular flexibility index (Phi) is 9.14. The first kappa shape index (κ1) is 33.3. The number of halogens is 1. The summed E-state index contributed by atoms with van der Waals surface area (Å²) in [6, 6.07) is 2.70. The van der Waals surface area contributed by atoms with Crippen molar-refractivity contribution in [3.8, 4) is 17.2 Å². The molecule has 7 atom stereocenters. The minimum Gasteiger partial charge on any atom is -0.507 e. The van der Waals surface area contributed by atoms with E-state index < -0.39 is 101 Å². The first-order valence-electron chi connectivity index (χ1n) is 13.9. The highest BCUT2D eigenvalue weighted by Crippen LogP contribution is 2.52. The van der Waals surface area contributed by atoms with Gasteiger partial charge in [-0.15, -0.1) is 12.4 Å². The first-order chi connectivity index (χ1) is 20.2. The Balaban J connectivity index is 0.00000442. The Morgan fingerprint density at radius 1 is 1.14 bits per heavy atom. The predicted molar refractivity (Wildman–Crippen MR) is 155 cm³/mol. The van der Waals surface area contributed by atoms with Crippen molar-refractivity contribution >= 4 is 35.7 Å². The second-order valence-corrected chi connectivity index (χ2v) is 11.4. The van der Waals surface area contributed by atoms with E-state index in [1.807, 2.05) is 0 Å². The van der Waals surface area contributed by atoms with Crippen molar-refractivity contribution in [1.82, 2.24) is 5.32 Å². The number of phenolic OH excluding ortho intramolecular Hbond substituents is 2. The molecule has 44 heavy (non-hydrogen) atoms. The average molecular weight is 635 g/mol. The lowest BCUT2D eigenvalue weighted by molar-refractivity contribution is -0.249. The van der Waals surface area contributed by atoms with Gasteiger partial charge in [0.15, 0.2) is 17.9 Å². The van der Waals surface area contributed by atoms with E-state index in [2.05, 4.69) is 5.32 Å². The number of aliphatic hydroxyl groups excluding tert-OH is 1. The summed E-state index contributed by atoms with van der Waals surface area (Å²) in [5, 5.41) is 47.6. The lowest BCUT2D eigenvalue weighted by Gasteiger charge is -2.43. The van der Waals surface area contributed by atoms with Gasteiger partial charge in [0.05, 0.1) is 48.1 Å². The van der Waals surface area contributed by atoms with E-state index in [4.69, 9.17) is 19.9 Å². The van der Waals surface area contributed by atoms with Crippen molar-refractivity contribution in [2.75, 3.05) is 7.11 Å². The first-order valence-corrected chi connectivity index (χ1v) is 13.9. The number of rotatable bonds is 6. The summed E-state index contributed by atoms with van der Waals surface area (Å²) in [7, 11) is 1.32. The molecule has 0 bridgehead atoms. The van der Waals surface area contributed by atoms with E-state index in [0.29, 0.717) is 0 Å². The molecule has 3 aliphatic rings. The van der Waals surface area contributed by atoms with E-state index in [-0.39, 0.29) is 46.8 Å². The highest BCUT2D eigenvalue weighted by molar-refractivity contribution is 6.31. The summed E-state index contributed by atoms with van der Waals surface area (Å²) in [5.41, 5.74) is 2.31. The molecule has 5 rings (SSSR count). The molecular weight excluding hydrogens is 600 g/mol. The number of ketones is 3. The monoisotopic (exact) mass is 634 g/mol. The van der Waals surface area contributed by atoms with Gasteiger partial charge in [-0.25, -0.2) is 0 Å². The van der Waals surface area contributed by atoms with Crippen LogP contribution in [0.5, 0.6) is 17.2 Å². The third kappa shape index (κ3) is 5.33. The third-order valence-electron chi connectivity index (χ3n) is 8.49. The molecule has 2 aromatic rings. The summed E-state index contributed by atoms with van der Waals surface area (Å²) in [5.74, 6) is -3.92. The molecule has 6 unspecified atom stereocenters. The molecule has 0 saturated carbocycles. The van der Waals surface area contributed by atoms with Crippen molar-refractivity contribution in [3.63, 3.8) is 0 Å². The summed E-state index contributed by atoms with van der Waals surface area (Å²) >= 11 is 0. The van der Waals surface area contributed by atoms with Crippen LogP contribution >= 0.6 is 12.4 Å². The molecule has 1 amide bonds. The number of Topliss-reactive ketones (excluding diaryl/α,β-unsaturated/α-hetero) is 1. The molecule has 0 spiro atoms. The number of hydrogen-bond donors (Lipinski definition) is 6. The molecule has 238 valence electrons. The van der Waals surface area contributed by atoms with Crippen LogP contribution < -0.4 is 15.8 Å². The van der Waals surface area contributed by atoms with Crippen molar-refractivity contribution in [1.29, 1.82) is 0 Å². The number of nitrogens with two attached hydrogens (primary N) is 1. The van der Waals surface area contributed by atoms with Crippen LogP contribution in [0.1, 0.15) is 82.7 Å². The highest BCUT2D eigenvalue weighted by atomic mass is 35.5. The zero-order valence-electron chi connectivity index (χ0n) is 24.4. The summed E-state index contributed by atoms with van der Waals surface area (Å²) in [6.07, 6.45) is -5.35. The number of carbonyl (C=O) groups is 4. The maximum absolute atomic E-state index is 13.8. The van der Waals surface area contributed by atoms with Crippen LogP contribution in [0.25, 0.3) is 0 Å². The number of phenols is 2. The molecule has 1 fully saturated rings. The zero-order chi connectivity index (χ0) is 31.5. The quantitative estimate of drug-likeness (QED) is 0.209. The molecular formula is C30H35ClN2O11. The fourth-order valence-electron chi connectivity index (χ4n) is 6.08. The Hall–Kier alpha value is -3.59. The SMILES string of the molecule is COc1cccc2c1C(=O)c1c(O)c3c(c(O)c1C2=O)C[C@@](O)(C(C)=O)CC3OC1CC(NC(=O)C(C)N)C(O)C(C)O1.Cl. The number of carbonyl (C=O) groups excluding carboxylic acids is 4. The van der Waals surface area contributed by atoms with Gasteiger partial charge in [0.2, 0.25) is 11.7 Å². The van der Waals surface area contributed by atoms with Crippen molar-refractivity contribution in [2.24, 2.45) is 5.73 Å². The van der Waals surface area contributed by atoms with Gasteiger partial charge in [-0.3, -0.25) is 19.2 Å². The predicted octanol–water partition coefficient (Wildman–Crippen LogP) is 0.955. The second-order valence-electron chi connectivity index (χ2n) is 11.4. The molecule has 13 nitrogen and oxygen atoms in total. The number of methoxy groups -OCH3 is 1. The molecule has 1 aliphatic heterocycles. The minimum atomic E-state index is -2.07. The van der Waals surface area contributed by atoms with E-state index >= 15 is 0 Å². The van der Waals surface area contributed by atoms with Crippen molar-refractivity contribution in [3.05, 3.63) is 51.6 Å². The van der Waals surface area contributed by atoms with Gasteiger partial charge in [-0.05, 0) is 26.8 Å². The smallest absolute Gasteiger partial charge is 0.236 e. The van der Waals surface area contributed by atoms with Crippen LogP contribution in [0, 0.1) is 0 Å². The summed E-state index contributed by atoms with van der Waals surface area (Å²) in [4.78, 5) is 52.2. The Bertz CT molecular complexity index is 1540. The van der Waals surface area contributed by atoms with E-state index in [0.717, 1.165) is 6.92 Å². The van der Waals surface area contributed by atoms with Gasteiger partial charge < -0.3 is 45.7 Å². The summed E-state index contributed by atoms with van der Waals surface area (Å²) in [6.45, 7) is 4.19. The normalized spacial score (nSPS) is 28.1. The van der Waals surface area contributed by atoms with Crippen LogP contribution in [-0.4, -0.2) is 87.0 Å². The molecule has 14 heteroatoms. The number of aliphatic hydroxyl groups is 2. The molecule has 1 heterocycles. The summed E-state index contributed by atoms with van der Waals surface area (Å²) < 4.78 is 17.3. The Labute approximate surface area is 258 Å². The fourth-order valence-corrected chi connectivity index (χ4v) is 6.08. The number of fused-ring (bicyclic) bond motifs is 3. The Morgan fingerprint density at radius 3 is 2.41 bits per heavy atom. The fraction of sp³-hybridized carbons (Fsp3) is 0.467. The van der Waals surface area contributed by atoms with E-state index in [1.165, 1.54) is 32.2 Å². The standard InChI is InChI=1S/C30H34N2O11.ClH/c1-11(31)29(39)32-16-8-19(42-12(2)24(16)34)43-18-10-30(40,13(3)33)9-15-21(18)28(38)23-22(26(15)36)25(35)14-6-5-7-17(41-4)20(14)27(23)37;/h5-7,11-12,16,18-19,24,34,36,38,40H,8-10,31H2,1-4H3,(H,32,39);1H/t11?,12?,16?,18?,19?,24?,30-;/m0./s1. The largest absolute Gasteiger partial charge is 0.507 e. The Morgan fingerprint density at radius 2 is 1.80 bits per heavy atom. The van der Waals surface area contributed by atoms with Crippen LogP contribution in [0.3, 0.4) is 0 Å². The lowest BCUT2D eigenvalue weighted by atomic mass is 9.72. The van der Waals surface area contributed by atoms with Crippen molar-refractivity contribution in [2.45, 2.75) is 82.3 Å². The van der Waals surface area contributed by atoms with Gasteiger partial charge in [0.1, 0.15) is 29.0 Å². The zero-order valence-corrected chi connectivity index (χ0v) is 25.3. The molecule has 0 radical (unpaired) electrons. The van der Waals surface area contributed by atoms with Crippen LogP contribution in [0.2, 0.25) is 0 Å². The van der Waals surface area contributed by atoms with Gasteiger partial charge in [0.25, 0.3) is 0 Å². The topological polar surface area (TPSA) is 215 Å². The molecule has 0 aromatic heterocycles. The molecule has 7 N–H and O–H groups in total. The minimum absolute atomic E-state index is 0. The molecule has 1 saturated heterocycles. The number of benzene rings is 2. The second kappa shape index (κ2) is 12.1. The van der Waals surface area contributed by atoms with Crippen LogP contribution in [0.15, 0.2) is 18.2 Å². The average Bonchev–Trinajstić information content (AvgIpc) is 2.95. The van der Waals surface area contributed by atoms with Gasteiger partial charge in [-0.1, -0.05) is 12.1 Å². The maximum atomic E-state index is 13.8. The third-order valence-corrected chi connectivity index (χ3v) is 8.49. The van der Waals surface area contributed by atoms with Gasteiger partial charge in [-0.2, -0.15) is 0 Å². The van der Waals surface area contributed by atoms with Crippen molar-refractivity contribution < 1.29 is 53.8 Å². The highest BCUT2D eigenvalue weighted by Gasteiger charge is 2.49. The number of amides is 1. The molecule has 2 aliphatic carbocycles. The molecule has 2 aromatic carbocycles. The maximum Gasteiger partial charge on any atom is 0.236 e. The van der Waals surface area contributed by atoms with E-state index in [1.54, 1.807) is 6.92 Å². The number of nitrogens with one attached hydrogen (secondary N) is 1.